The lowest BCUT2D eigenvalue weighted by molar-refractivity contribution is 0.0993. The first-order valence-electron chi connectivity index (χ1n) is 6.54. The standard InChI is InChI=1S/C14H18N4OS/c1-3-16-14-17-12(15)11(20-14)13(19)18(4-2)10-8-6-5-7-9-10/h5-9H,3-4,15H2,1-2H3,(H,16,17). The topological polar surface area (TPSA) is 71.2 Å². The highest BCUT2D eigenvalue weighted by atomic mass is 32.1. The third-order valence-corrected chi connectivity index (χ3v) is 3.82. The zero-order chi connectivity index (χ0) is 14.5. The summed E-state index contributed by atoms with van der Waals surface area (Å²) in [6.07, 6.45) is 0. The van der Waals surface area contributed by atoms with E-state index in [1.807, 2.05) is 44.2 Å². The summed E-state index contributed by atoms with van der Waals surface area (Å²) >= 11 is 1.29. The van der Waals surface area contributed by atoms with Gasteiger partial charge in [-0.3, -0.25) is 4.79 Å². The molecule has 0 bridgehead atoms. The van der Waals surface area contributed by atoms with Gasteiger partial charge < -0.3 is 16.0 Å². The molecule has 6 heteroatoms. The number of carbonyl (C=O) groups excluding carboxylic acids is 1. The molecule has 0 saturated heterocycles. The van der Waals surface area contributed by atoms with Crippen LogP contribution in [0.25, 0.3) is 0 Å². The first-order valence-corrected chi connectivity index (χ1v) is 7.36. The second kappa shape index (κ2) is 6.38. The minimum atomic E-state index is -0.113. The fourth-order valence-electron chi connectivity index (χ4n) is 1.89. The predicted molar refractivity (Wildman–Crippen MR) is 84.5 cm³/mol. The number of carbonyl (C=O) groups is 1. The van der Waals surface area contributed by atoms with Crippen LogP contribution >= 0.6 is 11.3 Å². The maximum Gasteiger partial charge on any atom is 0.272 e. The summed E-state index contributed by atoms with van der Waals surface area (Å²) in [5, 5.41) is 3.76. The zero-order valence-corrected chi connectivity index (χ0v) is 12.4. The molecule has 0 fully saturated rings. The largest absolute Gasteiger partial charge is 0.382 e. The minimum absolute atomic E-state index is 0.113. The van der Waals surface area contributed by atoms with E-state index >= 15 is 0 Å². The number of nitrogens with two attached hydrogens (primary N) is 1. The summed E-state index contributed by atoms with van der Waals surface area (Å²) in [7, 11) is 0. The summed E-state index contributed by atoms with van der Waals surface area (Å²) in [6.45, 7) is 5.24. The van der Waals surface area contributed by atoms with Gasteiger partial charge in [-0.1, -0.05) is 29.5 Å². The number of rotatable bonds is 5. The molecule has 0 radical (unpaired) electrons. The Kier molecular flexibility index (Phi) is 4.57. The number of hydrogen-bond acceptors (Lipinski definition) is 5. The average Bonchev–Trinajstić information content (AvgIpc) is 2.82. The van der Waals surface area contributed by atoms with E-state index in [0.717, 1.165) is 12.2 Å². The number of anilines is 3. The molecule has 1 heterocycles. The van der Waals surface area contributed by atoms with Crippen LogP contribution < -0.4 is 16.0 Å². The lowest BCUT2D eigenvalue weighted by atomic mass is 10.2. The molecule has 1 aromatic heterocycles. The second-order valence-electron chi connectivity index (χ2n) is 4.15. The number of nitrogens with one attached hydrogen (secondary N) is 1. The maximum atomic E-state index is 12.6. The minimum Gasteiger partial charge on any atom is -0.382 e. The van der Waals surface area contributed by atoms with E-state index in [9.17, 15) is 4.79 Å². The Morgan fingerprint density at radius 2 is 2.05 bits per heavy atom. The van der Waals surface area contributed by atoms with Crippen molar-refractivity contribution in [1.29, 1.82) is 0 Å². The molecule has 2 rings (SSSR count). The van der Waals surface area contributed by atoms with E-state index in [1.165, 1.54) is 11.3 Å². The molecule has 0 aliphatic rings. The Bertz CT molecular complexity index is 582. The summed E-state index contributed by atoms with van der Waals surface area (Å²) in [5.74, 6) is 0.170. The van der Waals surface area contributed by atoms with Crippen molar-refractivity contribution in [1.82, 2.24) is 4.98 Å². The molecule has 1 amide bonds. The van der Waals surface area contributed by atoms with Crippen LogP contribution in [0.2, 0.25) is 0 Å². The van der Waals surface area contributed by atoms with Gasteiger partial charge in [-0.25, -0.2) is 4.98 Å². The fraction of sp³-hybridized carbons (Fsp3) is 0.286. The number of thiazole rings is 1. The van der Waals surface area contributed by atoms with Gasteiger partial charge >= 0.3 is 0 Å². The van der Waals surface area contributed by atoms with E-state index in [0.29, 0.717) is 16.6 Å². The molecular formula is C14H18N4OS. The van der Waals surface area contributed by atoms with Gasteiger partial charge in [-0.2, -0.15) is 0 Å². The van der Waals surface area contributed by atoms with E-state index in [2.05, 4.69) is 10.3 Å². The van der Waals surface area contributed by atoms with Crippen molar-refractivity contribution < 1.29 is 4.79 Å². The quantitative estimate of drug-likeness (QED) is 0.888. The third-order valence-electron chi connectivity index (χ3n) is 2.80. The number of nitrogens with zero attached hydrogens (tertiary/aromatic N) is 2. The van der Waals surface area contributed by atoms with Gasteiger partial charge in [0.1, 0.15) is 10.7 Å². The molecule has 5 nitrogen and oxygen atoms in total. The van der Waals surface area contributed by atoms with Crippen LogP contribution in [0.4, 0.5) is 16.6 Å². The Labute approximate surface area is 122 Å². The van der Waals surface area contributed by atoms with E-state index in [-0.39, 0.29) is 11.7 Å². The van der Waals surface area contributed by atoms with Gasteiger partial charge in [-0.05, 0) is 26.0 Å². The Balaban J connectivity index is 2.29. The first-order chi connectivity index (χ1) is 9.67. The van der Waals surface area contributed by atoms with Crippen LogP contribution in [0.3, 0.4) is 0 Å². The summed E-state index contributed by atoms with van der Waals surface area (Å²) in [6, 6.07) is 9.55. The summed E-state index contributed by atoms with van der Waals surface area (Å²) in [4.78, 5) is 18.9. The van der Waals surface area contributed by atoms with Crippen molar-refractivity contribution in [3.63, 3.8) is 0 Å². The van der Waals surface area contributed by atoms with Crippen LogP contribution in [-0.4, -0.2) is 24.0 Å². The highest BCUT2D eigenvalue weighted by Crippen LogP contribution is 2.28. The van der Waals surface area contributed by atoms with Crippen LogP contribution in [0.5, 0.6) is 0 Å². The monoisotopic (exact) mass is 290 g/mol. The zero-order valence-electron chi connectivity index (χ0n) is 11.6. The Morgan fingerprint density at radius 1 is 1.35 bits per heavy atom. The molecule has 0 unspecified atom stereocenters. The van der Waals surface area contributed by atoms with Crippen LogP contribution in [0.15, 0.2) is 30.3 Å². The molecule has 0 spiro atoms. The van der Waals surface area contributed by atoms with Crippen LogP contribution in [0, 0.1) is 0 Å². The molecule has 0 aliphatic carbocycles. The van der Waals surface area contributed by atoms with Crippen molar-refractivity contribution in [3.8, 4) is 0 Å². The lowest BCUT2D eigenvalue weighted by Gasteiger charge is -2.20. The Morgan fingerprint density at radius 3 is 2.65 bits per heavy atom. The second-order valence-corrected chi connectivity index (χ2v) is 5.15. The molecule has 1 aromatic carbocycles. The Hall–Kier alpha value is -2.08. The van der Waals surface area contributed by atoms with Crippen molar-refractivity contribution in [2.75, 3.05) is 29.0 Å². The summed E-state index contributed by atoms with van der Waals surface area (Å²) < 4.78 is 0. The molecule has 0 aliphatic heterocycles. The maximum absolute atomic E-state index is 12.6. The van der Waals surface area contributed by atoms with Crippen molar-refractivity contribution in [3.05, 3.63) is 35.2 Å². The molecule has 0 saturated carbocycles. The molecular weight excluding hydrogens is 272 g/mol. The third kappa shape index (κ3) is 2.91. The van der Waals surface area contributed by atoms with Gasteiger partial charge in [-0.15, -0.1) is 0 Å². The van der Waals surface area contributed by atoms with Crippen molar-refractivity contribution >= 4 is 33.9 Å². The van der Waals surface area contributed by atoms with Gasteiger partial charge in [0.2, 0.25) is 0 Å². The highest BCUT2D eigenvalue weighted by molar-refractivity contribution is 7.18. The predicted octanol–water partition coefficient (Wildman–Crippen LogP) is 2.82. The van der Waals surface area contributed by atoms with E-state index in [4.69, 9.17) is 5.73 Å². The van der Waals surface area contributed by atoms with Gasteiger partial charge in [0.05, 0.1) is 0 Å². The van der Waals surface area contributed by atoms with Gasteiger partial charge in [0, 0.05) is 18.8 Å². The van der Waals surface area contributed by atoms with E-state index < -0.39 is 0 Å². The molecule has 20 heavy (non-hydrogen) atoms. The number of amides is 1. The van der Waals surface area contributed by atoms with Crippen molar-refractivity contribution in [2.45, 2.75) is 13.8 Å². The molecule has 106 valence electrons. The summed E-state index contributed by atoms with van der Waals surface area (Å²) in [5.41, 5.74) is 6.71. The number of hydrogen-bond donors (Lipinski definition) is 2. The van der Waals surface area contributed by atoms with Crippen LogP contribution in [0.1, 0.15) is 23.5 Å². The molecule has 3 N–H and O–H groups in total. The highest BCUT2D eigenvalue weighted by Gasteiger charge is 2.22. The molecule has 0 atom stereocenters. The van der Waals surface area contributed by atoms with Gasteiger partial charge in [0.15, 0.2) is 5.13 Å². The normalized spacial score (nSPS) is 10.3. The fourth-order valence-corrected chi connectivity index (χ4v) is 2.79. The van der Waals surface area contributed by atoms with E-state index in [1.54, 1.807) is 4.90 Å². The smallest absolute Gasteiger partial charge is 0.272 e. The number of para-hydroxylation sites is 1. The van der Waals surface area contributed by atoms with Crippen molar-refractivity contribution in [2.24, 2.45) is 0 Å². The lowest BCUT2D eigenvalue weighted by Crippen LogP contribution is -2.30. The first kappa shape index (κ1) is 14.3. The molecule has 2 aromatic rings. The number of nitrogen functional groups attached to an aromatic ring is 1. The SMILES string of the molecule is CCNc1nc(N)c(C(=O)N(CC)c2ccccc2)s1. The van der Waals surface area contributed by atoms with Gasteiger partial charge in [0.25, 0.3) is 5.91 Å². The number of benzene rings is 1. The number of aromatic nitrogens is 1. The average molecular weight is 290 g/mol. The van der Waals surface area contributed by atoms with Crippen LogP contribution in [-0.2, 0) is 0 Å².